The predicted octanol–water partition coefficient (Wildman–Crippen LogP) is 6.03. The molecule has 0 N–H and O–H groups in total. The first-order chi connectivity index (χ1) is 11.7. The lowest BCUT2D eigenvalue weighted by molar-refractivity contribution is -0.0704. The van der Waals surface area contributed by atoms with Crippen molar-refractivity contribution in [1.82, 2.24) is 0 Å². The molecular weight excluding hydrogens is 306 g/mol. The Bertz CT molecular complexity index is 383. The molecule has 3 fully saturated rings. The second kappa shape index (κ2) is 8.78. The molecule has 0 spiro atoms. The third-order valence-electron chi connectivity index (χ3n) is 6.92. The minimum absolute atomic E-state index is 0.361. The molecule has 0 aliphatic heterocycles. The van der Waals surface area contributed by atoms with Crippen molar-refractivity contribution in [1.29, 1.82) is 0 Å². The third kappa shape index (κ3) is 4.59. The molecule has 3 rings (SSSR count). The van der Waals surface area contributed by atoms with Gasteiger partial charge >= 0.3 is 0 Å². The molecule has 138 valence electrons. The van der Waals surface area contributed by atoms with Crippen LogP contribution in [-0.2, 0) is 4.74 Å². The molecule has 3 aliphatic rings. The van der Waals surface area contributed by atoms with Crippen molar-refractivity contribution in [3.8, 4) is 0 Å². The highest BCUT2D eigenvalue weighted by molar-refractivity contribution is 4.88. The number of rotatable bonds is 5. The van der Waals surface area contributed by atoms with Gasteiger partial charge in [-0.25, -0.2) is 8.78 Å². The number of halogens is 2. The van der Waals surface area contributed by atoms with E-state index in [0.717, 1.165) is 24.2 Å². The summed E-state index contributed by atoms with van der Waals surface area (Å²) in [5, 5.41) is 0. The average molecular weight is 340 g/mol. The van der Waals surface area contributed by atoms with Gasteiger partial charge < -0.3 is 4.74 Å². The minimum atomic E-state index is -1.41. The van der Waals surface area contributed by atoms with Gasteiger partial charge in [0.05, 0.1) is 6.10 Å². The molecule has 24 heavy (non-hydrogen) atoms. The molecule has 0 aromatic heterocycles. The van der Waals surface area contributed by atoms with Gasteiger partial charge in [-0.15, -0.1) is 6.58 Å². The minimum Gasteiger partial charge on any atom is -0.375 e. The topological polar surface area (TPSA) is 9.23 Å². The normalized spacial score (nSPS) is 44.2. The Labute approximate surface area is 146 Å². The van der Waals surface area contributed by atoms with E-state index >= 15 is 0 Å². The van der Waals surface area contributed by atoms with Crippen molar-refractivity contribution in [2.24, 2.45) is 23.7 Å². The summed E-state index contributed by atoms with van der Waals surface area (Å²) in [6.45, 7) is 4.57. The van der Waals surface area contributed by atoms with Crippen LogP contribution in [0, 0.1) is 23.7 Å². The molecule has 3 heteroatoms. The first-order valence-electron chi connectivity index (χ1n) is 10.2. The summed E-state index contributed by atoms with van der Waals surface area (Å²) in [5.41, 5.74) is 0. The van der Waals surface area contributed by atoms with Crippen molar-refractivity contribution in [2.75, 3.05) is 6.61 Å². The highest BCUT2D eigenvalue weighted by Crippen LogP contribution is 2.41. The van der Waals surface area contributed by atoms with Gasteiger partial charge in [0.15, 0.2) is 6.17 Å². The molecule has 0 aromatic rings. The van der Waals surface area contributed by atoms with E-state index in [1.165, 1.54) is 51.4 Å². The van der Waals surface area contributed by atoms with Crippen LogP contribution in [0.1, 0.15) is 70.6 Å². The van der Waals surface area contributed by atoms with Crippen LogP contribution in [0.3, 0.4) is 0 Å². The van der Waals surface area contributed by atoms with Crippen LogP contribution in [0.4, 0.5) is 8.78 Å². The summed E-state index contributed by atoms with van der Waals surface area (Å²) < 4.78 is 33.1. The summed E-state index contributed by atoms with van der Waals surface area (Å²) in [4.78, 5) is 0. The lowest BCUT2D eigenvalue weighted by atomic mass is 9.69. The van der Waals surface area contributed by atoms with Crippen molar-refractivity contribution in [3.05, 3.63) is 12.7 Å². The second-order valence-electron chi connectivity index (χ2n) is 8.45. The molecule has 3 unspecified atom stereocenters. The van der Waals surface area contributed by atoms with E-state index in [4.69, 9.17) is 4.74 Å². The Morgan fingerprint density at radius 3 is 2.08 bits per heavy atom. The van der Waals surface area contributed by atoms with Crippen LogP contribution in [0.5, 0.6) is 0 Å². The van der Waals surface area contributed by atoms with Crippen molar-refractivity contribution in [3.63, 3.8) is 0 Å². The van der Waals surface area contributed by atoms with Gasteiger partial charge in [0, 0.05) is 6.61 Å². The third-order valence-corrected chi connectivity index (χ3v) is 6.92. The molecule has 0 heterocycles. The van der Waals surface area contributed by atoms with E-state index in [1.807, 2.05) is 0 Å². The molecule has 3 atom stereocenters. The summed E-state index contributed by atoms with van der Waals surface area (Å²) in [6, 6.07) is 0. The Morgan fingerprint density at radius 2 is 1.46 bits per heavy atom. The van der Waals surface area contributed by atoms with E-state index in [-0.39, 0.29) is 0 Å². The smallest absolute Gasteiger partial charge is 0.157 e. The summed E-state index contributed by atoms with van der Waals surface area (Å²) in [6.07, 6.45) is 11.1. The number of alkyl halides is 2. The van der Waals surface area contributed by atoms with Gasteiger partial charge in [-0.1, -0.05) is 6.08 Å². The molecule has 0 bridgehead atoms. The molecule has 1 nitrogen and oxygen atoms in total. The van der Waals surface area contributed by atoms with E-state index in [1.54, 1.807) is 0 Å². The van der Waals surface area contributed by atoms with Gasteiger partial charge in [0.2, 0.25) is 0 Å². The SMILES string of the molecule is C=CC1CCC(C2CCC(COC3CCCC(F)C3F)CC2)CC1. The lowest BCUT2D eigenvalue weighted by Crippen LogP contribution is -2.38. The highest BCUT2D eigenvalue weighted by Gasteiger charge is 2.35. The molecule has 0 saturated heterocycles. The van der Waals surface area contributed by atoms with Crippen LogP contribution in [-0.4, -0.2) is 25.1 Å². The first-order valence-corrected chi connectivity index (χ1v) is 10.2. The first kappa shape index (κ1) is 18.4. The number of allylic oxidation sites excluding steroid dienone is 1. The zero-order valence-electron chi connectivity index (χ0n) is 15.0. The molecular formula is C21H34F2O. The van der Waals surface area contributed by atoms with Gasteiger partial charge in [0.25, 0.3) is 0 Å². The van der Waals surface area contributed by atoms with Crippen molar-refractivity contribution < 1.29 is 13.5 Å². The Morgan fingerprint density at radius 1 is 0.833 bits per heavy atom. The fraction of sp³-hybridized carbons (Fsp3) is 0.905. The molecule has 0 radical (unpaired) electrons. The zero-order chi connectivity index (χ0) is 16.9. The van der Waals surface area contributed by atoms with Crippen LogP contribution in [0.15, 0.2) is 12.7 Å². The Kier molecular flexibility index (Phi) is 6.71. The lowest BCUT2D eigenvalue weighted by Gasteiger charge is -2.38. The fourth-order valence-electron chi connectivity index (χ4n) is 5.18. The monoisotopic (exact) mass is 340 g/mol. The van der Waals surface area contributed by atoms with E-state index in [9.17, 15) is 8.78 Å². The van der Waals surface area contributed by atoms with E-state index in [0.29, 0.717) is 25.4 Å². The fourth-order valence-corrected chi connectivity index (χ4v) is 5.18. The Hall–Kier alpha value is -0.440. The van der Waals surface area contributed by atoms with E-state index < -0.39 is 18.4 Å². The molecule has 0 amide bonds. The van der Waals surface area contributed by atoms with Crippen molar-refractivity contribution >= 4 is 0 Å². The maximum Gasteiger partial charge on any atom is 0.157 e. The Balaban J connectivity index is 1.36. The van der Waals surface area contributed by atoms with Gasteiger partial charge in [-0.3, -0.25) is 0 Å². The maximum absolute atomic E-state index is 13.9. The standard InChI is InChI=1S/C21H34F2O/c1-2-15-6-10-17(11-7-15)18-12-8-16(9-13-18)14-24-20-5-3-4-19(22)21(20)23/h2,15-21H,1,3-14H2. The van der Waals surface area contributed by atoms with Crippen LogP contribution >= 0.6 is 0 Å². The molecule has 3 aliphatic carbocycles. The van der Waals surface area contributed by atoms with Gasteiger partial charge in [-0.2, -0.15) is 0 Å². The highest BCUT2D eigenvalue weighted by atomic mass is 19.2. The van der Waals surface area contributed by atoms with Gasteiger partial charge in [0.1, 0.15) is 6.17 Å². The molecule has 0 aromatic carbocycles. The zero-order valence-corrected chi connectivity index (χ0v) is 15.0. The summed E-state index contributed by atoms with van der Waals surface area (Å²) in [5.74, 6) is 3.09. The quantitative estimate of drug-likeness (QED) is 0.555. The van der Waals surface area contributed by atoms with Gasteiger partial charge in [-0.05, 0) is 94.3 Å². The van der Waals surface area contributed by atoms with Crippen LogP contribution in [0.2, 0.25) is 0 Å². The van der Waals surface area contributed by atoms with Crippen LogP contribution in [0.25, 0.3) is 0 Å². The van der Waals surface area contributed by atoms with Crippen molar-refractivity contribution in [2.45, 2.75) is 89.1 Å². The number of hydrogen-bond donors (Lipinski definition) is 0. The number of ether oxygens (including phenoxy) is 1. The number of hydrogen-bond acceptors (Lipinski definition) is 1. The largest absolute Gasteiger partial charge is 0.375 e. The predicted molar refractivity (Wildman–Crippen MR) is 94.5 cm³/mol. The average Bonchev–Trinajstić information content (AvgIpc) is 2.63. The summed E-state index contributed by atoms with van der Waals surface area (Å²) >= 11 is 0. The van der Waals surface area contributed by atoms with E-state index in [2.05, 4.69) is 12.7 Å². The summed E-state index contributed by atoms with van der Waals surface area (Å²) in [7, 11) is 0. The van der Waals surface area contributed by atoms with Crippen LogP contribution < -0.4 is 0 Å². The maximum atomic E-state index is 13.9. The second-order valence-corrected chi connectivity index (χ2v) is 8.45. The molecule has 3 saturated carbocycles.